The molecule has 35 heavy (non-hydrogen) atoms. The minimum Gasteiger partial charge on any atom is -0.378 e. The number of fused-ring (bicyclic) bond motifs is 1. The molecule has 178 valence electrons. The van der Waals surface area contributed by atoms with E-state index < -0.39 is 5.91 Å². The van der Waals surface area contributed by atoms with Gasteiger partial charge in [0.05, 0.1) is 19.0 Å². The molecule has 1 saturated heterocycles. The summed E-state index contributed by atoms with van der Waals surface area (Å²) in [4.78, 5) is 40.9. The third-order valence-corrected chi connectivity index (χ3v) is 6.65. The van der Waals surface area contributed by atoms with Gasteiger partial charge in [0.15, 0.2) is 22.3 Å². The monoisotopic (exact) mass is 488 g/mol. The summed E-state index contributed by atoms with van der Waals surface area (Å²) in [5.41, 5.74) is 9.18. The quantitative estimate of drug-likeness (QED) is 0.415. The number of morpholine rings is 1. The molecule has 0 atom stereocenters. The van der Waals surface area contributed by atoms with Crippen LogP contribution in [0.1, 0.15) is 16.1 Å². The molecule has 10 heteroatoms. The SMILES string of the molecule is Cc1ccc(-c2nc(C(N)=O)c3nc(SCC(=O)N4CCOCC4)n(-c4ccccc4)c3n2)cc1. The van der Waals surface area contributed by atoms with Crippen molar-refractivity contribution in [3.05, 3.63) is 65.9 Å². The molecule has 2 aromatic heterocycles. The summed E-state index contributed by atoms with van der Waals surface area (Å²) in [6.45, 7) is 4.23. The van der Waals surface area contributed by atoms with Crippen molar-refractivity contribution < 1.29 is 14.3 Å². The summed E-state index contributed by atoms with van der Waals surface area (Å²) in [6.07, 6.45) is 0. The van der Waals surface area contributed by atoms with Gasteiger partial charge in [0, 0.05) is 24.3 Å². The van der Waals surface area contributed by atoms with E-state index in [9.17, 15) is 9.59 Å². The molecular weight excluding hydrogens is 464 g/mol. The Balaban J connectivity index is 1.62. The molecule has 1 aliphatic heterocycles. The third kappa shape index (κ3) is 4.75. The van der Waals surface area contributed by atoms with Gasteiger partial charge in [-0.25, -0.2) is 15.0 Å². The lowest BCUT2D eigenvalue weighted by Gasteiger charge is -2.26. The van der Waals surface area contributed by atoms with Gasteiger partial charge in [0.25, 0.3) is 5.91 Å². The first-order valence-electron chi connectivity index (χ1n) is 11.2. The number of hydrogen-bond acceptors (Lipinski definition) is 7. The average Bonchev–Trinajstić information content (AvgIpc) is 3.26. The maximum Gasteiger partial charge on any atom is 0.269 e. The number of rotatable bonds is 6. The molecule has 9 nitrogen and oxygen atoms in total. The lowest BCUT2D eigenvalue weighted by atomic mass is 10.1. The topological polar surface area (TPSA) is 116 Å². The smallest absolute Gasteiger partial charge is 0.269 e. The number of ether oxygens (including phenoxy) is 1. The van der Waals surface area contributed by atoms with E-state index in [0.29, 0.717) is 48.4 Å². The van der Waals surface area contributed by atoms with Crippen LogP contribution in [0.15, 0.2) is 59.8 Å². The van der Waals surface area contributed by atoms with Crippen LogP contribution < -0.4 is 5.73 Å². The number of para-hydroxylation sites is 1. The molecule has 0 saturated carbocycles. The number of carbonyl (C=O) groups is 2. The summed E-state index contributed by atoms with van der Waals surface area (Å²) in [6, 6.07) is 17.3. The van der Waals surface area contributed by atoms with E-state index in [1.165, 1.54) is 11.8 Å². The van der Waals surface area contributed by atoms with Crippen LogP contribution in [0.25, 0.3) is 28.2 Å². The number of thioether (sulfide) groups is 1. The molecule has 0 unspecified atom stereocenters. The predicted molar refractivity (Wildman–Crippen MR) is 133 cm³/mol. The number of aromatic nitrogens is 4. The highest BCUT2D eigenvalue weighted by Crippen LogP contribution is 2.30. The summed E-state index contributed by atoms with van der Waals surface area (Å²) >= 11 is 1.29. The Bertz CT molecular complexity index is 1380. The van der Waals surface area contributed by atoms with Crippen molar-refractivity contribution in [1.82, 2.24) is 24.4 Å². The van der Waals surface area contributed by atoms with E-state index in [1.807, 2.05) is 66.1 Å². The van der Waals surface area contributed by atoms with E-state index in [4.69, 9.17) is 15.5 Å². The van der Waals surface area contributed by atoms with E-state index in [2.05, 4.69) is 9.97 Å². The highest BCUT2D eigenvalue weighted by molar-refractivity contribution is 7.99. The Hall–Kier alpha value is -3.76. The minimum absolute atomic E-state index is 0.00604. The van der Waals surface area contributed by atoms with Crippen LogP contribution in [0, 0.1) is 6.92 Å². The predicted octanol–water partition coefficient (Wildman–Crippen LogP) is 2.84. The molecule has 2 amide bonds. The molecule has 3 heterocycles. The second-order valence-corrected chi connectivity index (χ2v) is 9.09. The summed E-state index contributed by atoms with van der Waals surface area (Å²) in [5.74, 6) is -0.111. The van der Waals surface area contributed by atoms with Crippen molar-refractivity contribution in [1.29, 1.82) is 0 Å². The van der Waals surface area contributed by atoms with Gasteiger partial charge in [-0.3, -0.25) is 14.2 Å². The van der Waals surface area contributed by atoms with Gasteiger partial charge in [-0.2, -0.15) is 0 Å². The fourth-order valence-electron chi connectivity index (χ4n) is 3.88. The molecule has 5 rings (SSSR count). The van der Waals surface area contributed by atoms with Crippen molar-refractivity contribution >= 4 is 34.7 Å². The fraction of sp³-hybridized carbons (Fsp3) is 0.240. The maximum absolute atomic E-state index is 12.8. The van der Waals surface area contributed by atoms with Gasteiger partial charge in [-0.15, -0.1) is 0 Å². The first-order chi connectivity index (χ1) is 17.0. The van der Waals surface area contributed by atoms with Gasteiger partial charge < -0.3 is 15.4 Å². The number of nitrogens with two attached hydrogens (primary N) is 1. The lowest BCUT2D eigenvalue weighted by Crippen LogP contribution is -2.41. The zero-order valence-corrected chi connectivity index (χ0v) is 20.0. The van der Waals surface area contributed by atoms with Crippen molar-refractivity contribution in [2.75, 3.05) is 32.1 Å². The number of amides is 2. The van der Waals surface area contributed by atoms with Gasteiger partial charge >= 0.3 is 0 Å². The van der Waals surface area contributed by atoms with Gasteiger partial charge in [-0.1, -0.05) is 59.8 Å². The number of nitrogens with zero attached hydrogens (tertiary/aromatic N) is 5. The van der Waals surface area contributed by atoms with Gasteiger partial charge in [0.1, 0.15) is 5.52 Å². The van der Waals surface area contributed by atoms with Gasteiger partial charge in [-0.05, 0) is 19.1 Å². The minimum atomic E-state index is -0.690. The molecule has 0 aliphatic carbocycles. The van der Waals surface area contributed by atoms with Crippen LogP contribution in [0.4, 0.5) is 0 Å². The number of carbonyl (C=O) groups excluding carboxylic acids is 2. The number of primary amides is 1. The molecule has 2 aromatic carbocycles. The standard InChI is InChI=1S/C25H24N6O3S/c1-16-7-9-17(10-8-16)23-27-20(22(26)33)21-24(29-23)31(18-5-3-2-4-6-18)25(28-21)35-15-19(32)30-11-13-34-14-12-30/h2-10H,11-15H2,1H3,(H2,26,33). The number of imidazole rings is 1. The number of aryl methyl sites for hydroxylation is 1. The summed E-state index contributed by atoms with van der Waals surface area (Å²) in [5, 5.41) is 0.533. The van der Waals surface area contributed by atoms with Crippen LogP contribution in [0.3, 0.4) is 0 Å². The van der Waals surface area contributed by atoms with Crippen molar-refractivity contribution in [2.45, 2.75) is 12.1 Å². The van der Waals surface area contributed by atoms with Crippen LogP contribution >= 0.6 is 11.8 Å². The van der Waals surface area contributed by atoms with Crippen LogP contribution in [-0.4, -0.2) is 68.3 Å². The molecule has 0 spiro atoms. The Morgan fingerprint density at radius 2 is 1.71 bits per heavy atom. The lowest BCUT2D eigenvalue weighted by molar-refractivity contribution is -0.132. The molecule has 4 aromatic rings. The van der Waals surface area contributed by atoms with Crippen molar-refractivity contribution in [2.24, 2.45) is 5.73 Å². The molecule has 0 bridgehead atoms. The highest BCUT2D eigenvalue weighted by atomic mass is 32.2. The Kier molecular flexibility index (Phi) is 6.47. The normalized spacial score (nSPS) is 13.8. The van der Waals surface area contributed by atoms with Crippen molar-refractivity contribution in [3.8, 4) is 17.1 Å². The fourth-order valence-corrected chi connectivity index (χ4v) is 4.79. The largest absolute Gasteiger partial charge is 0.378 e. The highest BCUT2D eigenvalue weighted by Gasteiger charge is 2.24. The Labute approximate surface area is 206 Å². The number of benzene rings is 2. The van der Waals surface area contributed by atoms with E-state index in [0.717, 1.165) is 16.8 Å². The van der Waals surface area contributed by atoms with Crippen molar-refractivity contribution in [3.63, 3.8) is 0 Å². The molecular formula is C25H24N6O3S. The molecule has 1 aliphatic rings. The van der Waals surface area contributed by atoms with E-state index in [-0.39, 0.29) is 17.4 Å². The summed E-state index contributed by atoms with van der Waals surface area (Å²) in [7, 11) is 0. The maximum atomic E-state index is 12.8. The Morgan fingerprint density at radius 3 is 2.40 bits per heavy atom. The van der Waals surface area contributed by atoms with Crippen LogP contribution in [0.2, 0.25) is 0 Å². The summed E-state index contributed by atoms with van der Waals surface area (Å²) < 4.78 is 7.19. The van der Waals surface area contributed by atoms with Gasteiger partial charge in [0.2, 0.25) is 5.91 Å². The first kappa shape index (κ1) is 23.0. The molecule has 2 N–H and O–H groups in total. The van der Waals surface area contributed by atoms with Crippen LogP contribution in [-0.2, 0) is 9.53 Å². The zero-order valence-electron chi connectivity index (χ0n) is 19.2. The molecule has 1 fully saturated rings. The second-order valence-electron chi connectivity index (χ2n) is 8.15. The third-order valence-electron chi connectivity index (χ3n) is 5.72. The first-order valence-corrected chi connectivity index (χ1v) is 12.2. The number of hydrogen-bond donors (Lipinski definition) is 1. The van der Waals surface area contributed by atoms with Crippen LogP contribution in [0.5, 0.6) is 0 Å². The average molecular weight is 489 g/mol. The zero-order chi connectivity index (χ0) is 24.4. The Morgan fingerprint density at radius 1 is 1.00 bits per heavy atom. The second kappa shape index (κ2) is 9.85. The van der Waals surface area contributed by atoms with E-state index >= 15 is 0 Å². The van der Waals surface area contributed by atoms with E-state index in [1.54, 1.807) is 4.90 Å². The molecule has 0 radical (unpaired) electrons.